The van der Waals surface area contributed by atoms with Crippen LogP contribution in [-0.4, -0.2) is 65.9 Å². The maximum absolute atomic E-state index is 13.8. The summed E-state index contributed by atoms with van der Waals surface area (Å²) in [6.45, 7) is 7.03. The fraction of sp³-hybridized carbons (Fsp3) is 0.522. The van der Waals surface area contributed by atoms with Crippen LogP contribution in [0.15, 0.2) is 102 Å². The molecule has 4 heterocycles. The van der Waals surface area contributed by atoms with Gasteiger partial charge in [-0.15, -0.1) is 0 Å². The van der Waals surface area contributed by atoms with Crippen molar-refractivity contribution in [2.75, 3.05) is 12.8 Å². The third-order valence-electron chi connectivity index (χ3n) is 14.8. The number of benzene rings is 3. The lowest BCUT2D eigenvalue weighted by molar-refractivity contribution is -0.169. The summed E-state index contributed by atoms with van der Waals surface area (Å²) < 4.78 is 32.4. The second-order valence-corrected chi connectivity index (χ2v) is 21.0. The van der Waals surface area contributed by atoms with Crippen LogP contribution in [0.25, 0.3) is 0 Å². The molecule has 4 aliphatic heterocycles. The lowest BCUT2D eigenvalue weighted by Crippen LogP contribution is -2.70. The fourth-order valence-electron chi connectivity index (χ4n) is 12.1. The highest BCUT2D eigenvalue weighted by Gasteiger charge is 3.01. The first-order valence-electron chi connectivity index (χ1n) is 20.4. The van der Waals surface area contributed by atoms with Crippen LogP contribution < -0.4 is 15.9 Å². The number of ether oxygens (including phenoxy) is 5. The maximum atomic E-state index is 13.8. The van der Waals surface area contributed by atoms with Crippen molar-refractivity contribution >= 4 is 35.1 Å². The summed E-state index contributed by atoms with van der Waals surface area (Å²) in [7, 11) is -1.83. The van der Waals surface area contributed by atoms with Gasteiger partial charge in [0.25, 0.3) is 0 Å². The van der Waals surface area contributed by atoms with Gasteiger partial charge in [0.15, 0.2) is 11.7 Å². The van der Waals surface area contributed by atoms with E-state index in [1.807, 2.05) is 0 Å². The Kier molecular flexibility index (Phi) is 8.17. The highest BCUT2D eigenvalue weighted by Crippen LogP contribution is 2.83. The lowest BCUT2D eigenvalue weighted by Gasteiger charge is -2.53. The molecule has 282 valence electrons. The molecule has 3 aliphatic carbocycles. The van der Waals surface area contributed by atoms with Gasteiger partial charge >= 0.3 is 11.9 Å². The van der Waals surface area contributed by atoms with E-state index in [1.54, 1.807) is 0 Å². The Bertz CT molecular complexity index is 1890. The average molecular weight is 748 g/mol. The van der Waals surface area contributed by atoms with Gasteiger partial charge in [0.05, 0.1) is 12.3 Å². The molecular weight excluding hydrogens is 695 g/mol. The monoisotopic (exact) mass is 747 g/mol. The topological polar surface area (TPSA) is 90.2 Å². The second kappa shape index (κ2) is 12.6. The molecule has 3 aromatic carbocycles. The Morgan fingerprint density at radius 2 is 1.43 bits per heavy atom. The summed E-state index contributed by atoms with van der Waals surface area (Å²) in [4.78, 5) is 26.3. The number of cyclic esters (lactones) is 1. The van der Waals surface area contributed by atoms with Crippen LogP contribution in [0.2, 0.25) is 0 Å². The van der Waals surface area contributed by atoms with Crippen molar-refractivity contribution in [3.05, 3.63) is 102 Å². The molecule has 7 aliphatic rings. The van der Waals surface area contributed by atoms with Gasteiger partial charge in [-0.1, -0.05) is 88.2 Å². The molecule has 2 saturated carbocycles. The molecule has 0 amide bonds. The number of hydrogen-bond donors (Lipinski definition) is 0. The number of rotatable bonds is 13. The van der Waals surface area contributed by atoms with E-state index in [0.717, 1.165) is 62.3 Å². The summed E-state index contributed by atoms with van der Waals surface area (Å²) >= 11 is 0. The van der Waals surface area contributed by atoms with Crippen LogP contribution in [0.1, 0.15) is 78.6 Å². The van der Waals surface area contributed by atoms with Gasteiger partial charge in [-0.05, 0) is 92.3 Å². The van der Waals surface area contributed by atoms with Crippen LogP contribution >= 0.6 is 7.26 Å². The lowest BCUT2D eigenvalue weighted by atomic mass is 9.46. The smallest absolute Gasteiger partial charge is 0.334 e. The van der Waals surface area contributed by atoms with Crippen molar-refractivity contribution in [1.82, 2.24) is 0 Å². The highest BCUT2D eigenvalue weighted by atomic mass is 31.2. The molecule has 5 fully saturated rings. The molecule has 54 heavy (non-hydrogen) atoms. The van der Waals surface area contributed by atoms with E-state index in [1.165, 1.54) is 15.9 Å². The number of hydrogen-bond acceptors (Lipinski definition) is 7. The number of carbonyl (C=O) groups is 2. The van der Waals surface area contributed by atoms with Gasteiger partial charge in [0, 0.05) is 17.4 Å². The first-order valence-corrected chi connectivity index (χ1v) is 22.4. The van der Waals surface area contributed by atoms with Crippen LogP contribution in [0.5, 0.6) is 0 Å². The van der Waals surface area contributed by atoms with Crippen molar-refractivity contribution in [3.63, 3.8) is 0 Å². The quantitative estimate of drug-likeness (QED) is 0.0807. The molecule has 9 atom stereocenters. The SMILES string of the molecule is CC(C)[C@]12O[C@H]1[C@@H]1O[C@]13[C@]1(O[C@H]1C[C@H]1C4=C(CC[C@@]13C)C(=O)OC4)[C@@H]2OC(=O)CCCCCCC[P+](c1ccccc1)(c1ccccc1)c1ccccc1. The van der Waals surface area contributed by atoms with Crippen molar-refractivity contribution in [2.45, 2.75) is 120 Å². The second-order valence-electron chi connectivity index (χ2n) is 17.4. The van der Waals surface area contributed by atoms with Gasteiger partial charge in [-0.25, -0.2) is 4.79 Å². The minimum atomic E-state index is -1.83. The van der Waals surface area contributed by atoms with Gasteiger partial charge in [0.1, 0.15) is 53.2 Å². The first-order chi connectivity index (χ1) is 26.2. The number of fused-ring (bicyclic) bond motifs is 4. The van der Waals surface area contributed by atoms with E-state index < -0.39 is 30.2 Å². The third-order valence-corrected chi connectivity index (χ3v) is 19.3. The van der Waals surface area contributed by atoms with E-state index in [-0.39, 0.29) is 47.5 Å². The van der Waals surface area contributed by atoms with Gasteiger partial charge in [0.2, 0.25) is 0 Å². The zero-order valence-corrected chi connectivity index (χ0v) is 32.6. The molecule has 2 spiro atoms. The summed E-state index contributed by atoms with van der Waals surface area (Å²) in [6.07, 6.45) is 8.11. The van der Waals surface area contributed by atoms with E-state index in [4.69, 9.17) is 23.7 Å². The highest BCUT2D eigenvalue weighted by molar-refractivity contribution is 7.95. The number of carbonyl (C=O) groups excluding carboxylic acids is 2. The zero-order valence-electron chi connectivity index (χ0n) is 31.7. The zero-order chi connectivity index (χ0) is 36.9. The average Bonchev–Trinajstić information content (AvgIpc) is 4.13. The summed E-state index contributed by atoms with van der Waals surface area (Å²) in [5.41, 5.74) is -0.126. The van der Waals surface area contributed by atoms with Crippen molar-refractivity contribution in [1.29, 1.82) is 0 Å². The molecule has 3 aromatic rings. The van der Waals surface area contributed by atoms with Crippen LogP contribution in [-0.2, 0) is 33.3 Å². The largest absolute Gasteiger partial charge is 0.458 e. The standard InChI is InChI=1S/C46H52O7P/c1-30(2)44-39(52-44)40-46(53-40)43(3)26-25-34-35(29-49-41(34)48)36(43)28-37-45(46,51-37)42(44)50-38(47)24-16-5-4-6-17-27-54(31-18-10-7-11-19-31,32-20-12-8-13-21-32)33-22-14-9-15-23-33/h7-15,18-23,30,36-37,39-40,42H,4-6,16-17,24-29H2,1-3H3/q+1/t36-,37-,39-,40-,42+,43-,44-,45+,46+/m0/s1. The van der Waals surface area contributed by atoms with E-state index in [2.05, 4.69) is 112 Å². The minimum Gasteiger partial charge on any atom is -0.458 e. The Balaban J connectivity index is 0.803. The van der Waals surface area contributed by atoms with E-state index in [0.29, 0.717) is 19.4 Å². The fourth-order valence-corrected chi connectivity index (χ4v) is 16.5. The molecule has 0 radical (unpaired) electrons. The van der Waals surface area contributed by atoms with Crippen molar-refractivity contribution in [3.8, 4) is 0 Å². The first kappa shape index (κ1) is 35.1. The van der Waals surface area contributed by atoms with Gasteiger partial charge in [-0.2, -0.15) is 0 Å². The summed E-state index contributed by atoms with van der Waals surface area (Å²) in [5.74, 6) is -0.0240. The van der Waals surface area contributed by atoms with Crippen LogP contribution in [0, 0.1) is 17.3 Å². The Morgan fingerprint density at radius 3 is 2.06 bits per heavy atom. The van der Waals surface area contributed by atoms with Crippen LogP contribution in [0.3, 0.4) is 0 Å². The minimum absolute atomic E-state index is 0.0836. The van der Waals surface area contributed by atoms with Crippen molar-refractivity contribution in [2.24, 2.45) is 17.3 Å². The third kappa shape index (κ3) is 4.68. The molecule has 0 N–H and O–H groups in total. The Morgan fingerprint density at radius 1 is 0.815 bits per heavy atom. The predicted octanol–water partition coefficient (Wildman–Crippen LogP) is 6.99. The number of unbranched alkanes of at least 4 members (excludes halogenated alkanes) is 4. The van der Waals surface area contributed by atoms with Gasteiger partial charge < -0.3 is 23.7 Å². The molecule has 0 bridgehead atoms. The van der Waals surface area contributed by atoms with E-state index in [9.17, 15) is 9.59 Å². The molecule has 10 rings (SSSR count). The molecular formula is C46H52O7P+. The normalized spacial score (nSPS) is 36.5. The maximum Gasteiger partial charge on any atom is 0.334 e. The van der Waals surface area contributed by atoms with E-state index >= 15 is 0 Å². The predicted molar refractivity (Wildman–Crippen MR) is 209 cm³/mol. The Labute approximate surface area is 319 Å². The molecule has 3 saturated heterocycles. The molecule has 0 aromatic heterocycles. The number of esters is 2. The van der Waals surface area contributed by atoms with Gasteiger partial charge in [-0.3, -0.25) is 4.79 Å². The molecule has 0 unspecified atom stereocenters. The summed E-state index contributed by atoms with van der Waals surface area (Å²) in [5, 5.41) is 4.28. The van der Waals surface area contributed by atoms with Crippen LogP contribution in [0.4, 0.5) is 0 Å². The van der Waals surface area contributed by atoms with Crippen molar-refractivity contribution < 1.29 is 33.3 Å². The molecule has 8 heteroatoms. The number of epoxide rings is 3. The Hall–Kier alpha value is -3.35. The molecule has 7 nitrogen and oxygen atoms in total. The summed E-state index contributed by atoms with van der Waals surface area (Å²) in [6, 6.07) is 33.3.